The molecule has 0 amide bonds. The van der Waals surface area contributed by atoms with Crippen LogP contribution in [0.5, 0.6) is 0 Å². The van der Waals surface area contributed by atoms with E-state index in [1.807, 2.05) is 37.3 Å². The summed E-state index contributed by atoms with van der Waals surface area (Å²) in [7, 11) is -9.73. The third-order valence-corrected chi connectivity index (χ3v) is 9.76. The van der Waals surface area contributed by atoms with Gasteiger partial charge in [-0.2, -0.15) is 0 Å². The lowest BCUT2D eigenvalue weighted by Gasteiger charge is -2.20. The number of phosphoric ester groups is 2. The zero-order chi connectivity index (χ0) is 43.5. The van der Waals surface area contributed by atoms with Crippen molar-refractivity contribution in [1.82, 2.24) is 0 Å². The highest BCUT2D eigenvalue weighted by molar-refractivity contribution is 7.47. The van der Waals surface area contributed by atoms with Crippen LogP contribution in [0.2, 0.25) is 0 Å². The monoisotopic (exact) mass is 864 g/mol. The molecule has 2 unspecified atom stereocenters. The smallest absolute Gasteiger partial charge is 0.462 e. The number of aliphatic hydroxyl groups excluding tert-OH is 3. The molecule has 17 heteroatoms. The summed E-state index contributed by atoms with van der Waals surface area (Å²) in [5.74, 6) is -0.488. The van der Waals surface area contributed by atoms with Gasteiger partial charge in [-0.15, -0.1) is 0 Å². The van der Waals surface area contributed by atoms with Crippen molar-refractivity contribution in [2.45, 2.75) is 141 Å². The van der Waals surface area contributed by atoms with Crippen LogP contribution < -0.4 is 0 Å². The van der Waals surface area contributed by atoms with Gasteiger partial charge in [-0.3, -0.25) is 23.2 Å². The quantitative estimate of drug-likeness (QED) is 0.0117. The summed E-state index contributed by atoms with van der Waals surface area (Å²) in [5.41, 5.74) is 0. The minimum atomic E-state index is -4.88. The second-order valence-electron chi connectivity index (χ2n) is 13.8. The third kappa shape index (κ3) is 37.7. The average molecular weight is 865 g/mol. The molecule has 0 bridgehead atoms. The third-order valence-electron chi connectivity index (χ3n) is 8.32. The Kier molecular flexibility index (Phi) is 33.7. The number of carbonyl (C=O) groups is 2. The van der Waals surface area contributed by atoms with Crippen LogP contribution in [0, 0.1) is 5.92 Å². The van der Waals surface area contributed by atoms with Crippen molar-refractivity contribution in [1.29, 1.82) is 0 Å². The Morgan fingerprint density at radius 1 is 0.638 bits per heavy atom. The van der Waals surface area contributed by atoms with Crippen molar-refractivity contribution in [2.75, 3.05) is 26.4 Å². The molecule has 0 spiro atoms. The molecule has 0 rings (SSSR count). The zero-order valence-corrected chi connectivity index (χ0v) is 36.3. The average Bonchev–Trinajstić information content (AvgIpc) is 3.17. The van der Waals surface area contributed by atoms with E-state index in [-0.39, 0.29) is 12.8 Å². The first-order valence-corrected chi connectivity index (χ1v) is 23.3. The van der Waals surface area contributed by atoms with E-state index in [0.717, 1.165) is 38.0 Å². The van der Waals surface area contributed by atoms with Gasteiger partial charge in [0.25, 0.3) is 0 Å². The largest absolute Gasteiger partial charge is 0.472 e. The maximum atomic E-state index is 12.6. The molecule has 0 aromatic heterocycles. The first-order chi connectivity index (χ1) is 27.6. The van der Waals surface area contributed by atoms with E-state index in [2.05, 4.69) is 22.9 Å². The van der Waals surface area contributed by atoms with Gasteiger partial charge in [-0.05, 0) is 44.4 Å². The van der Waals surface area contributed by atoms with Gasteiger partial charge in [0.15, 0.2) is 6.10 Å². The Bertz CT molecular complexity index is 1350. The number of rotatable bonds is 36. The predicted molar refractivity (Wildman–Crippen MR) is 223 cm³/mol. The molecule has 15 nitrogen and oxygen atoms in total. The van der Waals surface area contributed by atoms with Gasteiger partial charge in [0.1, 0.15) is 12.7 Å². The van der Waals surface area contributed by atoms with E-state index < -0.39 is 78.4 Å². The van der Waals surface area contributed by atoms with Crippen LogP contribution in [0.15, 0.2) is 72.9 Å². The maximum Gasteiger partial charge on any atom is 0.472 e. The van der Waals surface area contributed by atoms with Crippen LogP contribution >= 0.6 is 15.6 Å². The Morgan fingerprint density at radius 3 is 1.83 bits per heavy atom. The van der Waals surface area contributed by atoms with Gasteiger partial charge in [-0.1, -0.05) is 139 Å². The summed E-state index contributed by atoms with van der Waals surface area (Å²) in [4.78, 5) is 52.5. The molecule has 0 aliphatic rings. The van der Waals surface area contributed by atoms with Crippen LogP contribution in [-0.4, -0.2) is 92.8 Å². The Labute approximate surface area is 345 Å². The normalized spacial score (nSPS) is 16.5. The van der Waals surface area contributed by atoms with E-state index in [9.17, 15) is 38.9 Å². The lowest BCUT2D eigenvalue weighted by molar-refractivity contribution is -0.161. The number of phosphoric acid groups is 2. The highest BCUT2D eigenvalue weighted by Gasteiger charge is 2.28. The number of aliphatic hydroxyl groups is 3. The van der Waals surface area contributed by atoms with E-state index >= 15 is 0 Å². The second-order valence-corrected chi connectivity index (χ2v) is 16.5. The van der Waals surface area contributed by atoms with Crippen LogP contribution in [-0.2, 0) is 41.8 Å². The van der Waals surface area contributed by atoms with Crippen molar-refractivity contribution in [2.24, 2.45) is 5.92 Å². The summed E-state index contributed by atoms with van der Waals surface area (Å²) in [6.45, 7) is 3.57. The fourth-order valence-electron chi connectivity index (χ4n) is 4.82. The van der Waals surface area contributed by atoms with Gasteiger partial charge < -0.3 is 39.5 Å². The number of esters is 2. The molecule has 0 aromatic carbocycles. The van der Waals surface area contributed by atoms with E-state index in [0.29, 0.717) is 32.1 Å². The summed E-state index contributed by atoms with van der Waals surface area (Å²) in [5, 5.41) is 29.6. The highest BCUT2D eigenvalue weighted by atomic mass is 31.2. The summed E-state index contributed by atoms with van der Waals surface area (Å²) >= 11 is 0. The van der Waals surface area contributed by atoms with E-state index in [1.165, 1.54) is 19.3 Å². The molecule has 0 aliphatic carbocycles. The van der Waals surface area contributed by atoms with Gasteiger partial charge in [0, 0.05) is 12.8 Å². The van der Waals surface area contributed by atoms with Crippen molar-refractivity contribution in [3.63, 3.8) is 0 Å². The first-order valence-electron chi connectivity index (χ1n) is 20.2. The Hall–Kier alpha value is -2.52. The van der Waals surface area contributed by atoms with Gasteiger partial charge in [-0.25, -0.2) is 9.13 Å². The summed E-state index contributed by atoms with van der Waals surface area (Å²) in [6.07, 6.45) is 28.7. The van der Waals surface area contributed by atoms with E-state index in [1.54, 1.807) is 42.5 Å². The van der Waals surface area contributed by atoms with Gasteiger partial charge in [0.2, 0.25) is 0 Å². The first kappa shape index (κ1) is 55.5. The molecule has 0 aliphatic heterocycles. The number of hydrogen-bond donors (Lipinski definition) is 6. The topological polar surface area (TPSA) is 236 Å². The SMILES string of the molecule is CC/C=C\C[C@@H](O)/C=C/C=C\C=C\[C@@H](O)C/C=C\C/C=C\CCC(=O)OC[C@H](COP(=O)(O)OC[C@@H](O)COP(=O)(O)O)OC(=O)CCCCCCCCC(C)CC. The molecule has 6 N–H and O–H groups in total. The molecule has 0 saturated carbocycles. The minimum absolute atomic E-state index is 0.0103. The maximum absolute atomic E-state index is 12.6. The van der Waals surface area contributed by atoms with Crippen LogP contribution in [0.1, 0.15) is 117 Å². The molecular weight excluding hydrogens is 794 g/mol. The highest BCUT2D eigenvalue weighted by Crippen LogP contribution is 2.43. The van der Waals surface area contributed by atoms with Crippen LogP contribution in [0.4, 0.5) is 0 Å². The number of hydrogen-bond acceptors (Lipinski definition) is 12. The Morgan fingerprint density at radius 2 is 1.21 bits per heavy atom. The number of ether oxygens (including phenoxy) is 2. The second kappa shape index (κ2) is 35.3. The minimum Gasteiger partial charge on any atom is -0.462 e. The molecule has 0 saturated heterocycles. The summed E-state index contributed by atoms with van der Waals surface area (Å²) in [6, 6.07) is 0. The number of unbranched alkanes of at least 4 members (excludes halogenated alkanes) is 5. The molecule has 0 fully saturated rings. The number of carbonyl (C=O) groups excluding carboxylic acids is 2. The molecule has 6 atom stereocenters. The Balaban J connectivity index is 4.77. The molecule has 334 valence electrons. The fraction of sp³-hybridized carbons (Fsp3) is 0.659. The standard InChI is InChI=1S/C41H70O15P2/c1-4-6-17-25-36(42)27-20-15-16-21-28-37(43)26-19-12-8-10-13-22-29-40(45)52-33-39(34-55-58(50,51)54-32-38(44)31-53-57(47,48)49)56-41(46)30-23-14-9-7-11-18-24-35(3)5-2/h6,10,12-13,15-17,19-21,27-28,35-39,42-44H,4-5,7-9,11,14,18,22-26,29-34H2,1-3H3,(H,50,51)(H2,47,48,49)/b13-10-,16-15-,17-6-,19-12-,27-20+,28-21+/t35?,36-,37+,38+,39-/m1/s1. The van der Waals surface area contributed by atoms with Crippen molar-refractivity contribution < 1.29 is 71.8 Å². The zero-order valence-electron chi connectivity index (χ0n) is 34.5. The van der Waals surface area contributed by atoms with Crippen molar-refractivity contribution in [3.8, 4) is 0 Å². The fourth-order valence-corrected chi connectivity index (χ4v) is 5.97. The van der Waals surface area contributed by atoms with Crippen LogP contribution in [0.3, 0.4) is 0 Å². The molecule has 0 radical (unpaired) electrons. The summed E-state index contributed by atoms with van der Waals surface area (Å²) < 4.78 is 47.5. The lowest BCUT2D eigenvalue weighted by atomic mass is 10.00. The van der Waals surface area contributed by atoms with Gasteiger partial charge in [0.05, 0.1) is 32.0 Å². The van der Waals surface area contributed by atoms with Crippen molar-refractivity contribution >= 4 is 27.6 Å². The number of allylic oxidation sites excluding steroid dienone is 8. The van der Waals surface area contributed by atoms with Crippen molar-refractivity contribution in [3.05, 3.63) is 72.9 Å². The molecule has 0 heterocycles. The van der Waals surface area contributed by atoms with Crippen LogP contribution in [0.25, 0.3) is 0 Å². The predicted octanol–water partition coefficient (Wildman–Crippen LogP) is 7.63. The molecule has 58 heavy (non-hydrogen) atoms. The lowest BCUT2D eigenvalue weighted by Crippen LogP contribution is -2.29. The molecule has 0 aromatic rings. The van der Waals surface area contributed by atoms with E-state index in [4.69, 9.17) is 23.8 Å². The molecular formula is C41H70O15P2. The van der Waals surface area contributed by atoms with Gasteiger partial charge >= 0.3 is 27.6 Å².